The van der Waals surface area contributed by atoms with E-state index in [-0.39, 0.29) is 11.7 Å². The molecule has 0 saturated carbocycles. The summed E-state index contributed by atoms with van der Waals surface area (Å²) in [4.78, 5) is 13.3. The zero-order valence-corrected chi connectivity index (χ0v) is 9.83. The van der Waals surface area contributed by atoms with E-state index in [1.807, 2.05) is 0 Å². The molecule has 1 aromatic carbocycles. The average molecular weight is 224 g/mol. The van der Waals surface area contributed by atoms with E-state index in [0.717, 1.165) is 5.56 Å². The van der Waals surface area contributed by atoms with Crippen molar-refractivity contribution in [2.45, 2.75) is 25.9 Å². The van der Waals surface area contributed by atoms with E-state index >= 15 is 0 Å². The van der Waals surface area contributed by atoms with Gasteiger partial charge in [-0.15, -0.1) is 0 Å². The topological polar surface area (TPSA) is 46.3 Å². The van der Waals surface area contributed by atoms with E-state index in [1.54, 1.807) is 33.0 Å². The van der Waals surface area contributed by atoms with Crippen molar-refractivity contribution in [3.05, 3.63) is 35.6 Å². The molecule has 0 heterocycles. The number of nitrogens with zero attached hydrogens (tertiary/aromatic N) is 1. The van der Waals surface area contributed by atoms with Crippen LogP contribution in [0.25, 0.3) is 0 Å². The van der Waals surface area contributed by atoms with Crippen LogP contribution in [0.4, 0.5) is 4.39 Å². The molecule has 0 atom stereocenters. The van der Waals surface area contributed by atoms with Crippen LogP contribution < -0.4 is 5.73 Å². The fourth-order valence-electron chi connectivity index (χ4n) is 1.43. The van der Waals surface area contributed by atoms with Gasteiger partial charge in [-0.05, 0) is 31.5 Å². The number of amides is 1. The second kappa shape index (κ2) is 4.61. The Labute approximate surface area is 95.0 Å². The molecule has 0 aliphatic carbocycles. The first kappa shape index (κ1) is 12.6. The lowest BCUT2D eigenvalue weighted by molar-refractivity contribution is -0.134. The normalized spacial score (nSPS) is 11.3. The molecule has 4 heteroatoms. The Morgan fingerprint density at radius 3 is 2.31 bits per heavy atom. The van der Waals surface area contributed by atoms with E-state index in [4.69, 9.17) is 5.73 Å². The second-order valence-corrected chi connectivity index (χ2v) is 4.51. The minimum atomic E-state index is -0.880. The third kappa shape index (κ3) is 3.31. The van der Waals surface area contributed by atoms with Crippen LogP contribution in [0, 0.1) is 5.82 Å². The van der Waals surface area contributed by atoms with Crippen molar-refractivity contribution in [1.82, 2.24) is 4.90 Å². The number of rotatable bonds is 3. The van der Waals surface area contributed by atoms with Crippen LogP contribution in [0.15, 0.2) is 24.3 Å². The summed E-state index contributed by atoms with van der Waals surface area (Å²) in [5, 5.41) is 0. The van der Waals surface area contributed by atoms with Crippen LogP contribution in [0.3, 0.4) is 0 Å². The molecule has 1 amide bonds. The van der Waals surface area contributed by atoms with Crippen LogP contribution in [-0.4, -0.2) is 23.4 Å². The molecule has 0 aromatic heterocycles. The van der Waals surface area contributed by atoms with E-state index in [9.17, 15) is 9.18 Å². The number of hydrogen-bond donors (Lipinski definition) is 1. The van der Waals surface area contributed by atoms with Crippen molar-refractivity contribution in [3.8, 4) is 0 Å². The van der Waals surface area contributed by atoms with E-state index < -0.39 is 5.54 Å². The number of carbonyl (C=O) groups excluding carboxylic acids is 1. The fourth-order valence-corrected chi connectivity index (χ4v) is 1.43. The largest absolute Gasteiger partial charge is 0.340 e. The first-order valence-electron chi connectivity index (χ1n) is 5.09. The van der Waals surface area contributed by atoms with Crippen molar-refractivity contribution in [2.75, 3.05) is 7.05 Å². The third-order valence-corrected chi connectivity index (χ3v) is 2.23. The lowest BCUT2D eigenvalue weighted by atomic mass is 10.1. The zero-order valence-electron chi connectivity index (χ0n) is 9.83. The van der Waals surface area contributed by atoms with Crippen LogP contribution >= 0.6 is 0 Å². The molecule has 0 radical (unpaired) electrons. The molecule has 16 heavy (non-hydrogen) atoms. The summed E-state index contributed by atoms with van der Waals surface area (Å²) in [7, 11) is 1.68. The van der Waals surface area contributed by atoms with Gasteiger partial charge in [0.2, 0.25) is 5.91 Å². The first-order chi connectivity index (χ1) is 7.30. The third-order valence-electron chi connectivity index (χ3n) is 2.23. The predicted octanol–water partition coefficient (Wildman–Crippen LogP) is 1.52. The van der Waals surface area contributed by atoms with Gasteiger partial charge in [-0.3, -0.25) is 4.79 Å². The van der Waals surface area contributed by atoms with Crippen molar-refractivity contribution >= 4 is 5.91 Å². The summed E-state index contributed by atoms with van der Waals surface area (Å²) in [6, 6.07) is 6.06. The molecule has 88 valence electrons. The van der Waals surface area contributed by atoms with Gasteiger partial charge >= 0.3 is 0 Å². The minimum absolute atomic E-state index is 0.142. The SMILES string of the molecule is CN(Cc1ccc(F)cc1)C(=O)C(C)(C)N. The molecule has 3 nitrogen and oxygen atoms in total. The number of carbonyl (C=O) groups is 1. The Morgan fingerprint density at radius 1 is 1.38 bits per heavy atom. The van der Waals surface area contributed by atoms with Crippen molar-refractivity contribution < 1.29 is 9.18 Å². The molecular formula is C12H17FN2O. The Morgan fingerprint density at radius 2 is 1.88 bits per heavy atom. The smallest absolute Gasteiger partial charge is 0.242 e. The van der Waals surface area contributed by atoms with E-state index in [2.05, 4.69) is 0 Å². The van der Waals surface area contributed by atoms with Gasteiger partial charge in [0.25, 0.3) is 0 Å². The van der Waals surface area contributed by atoms with E-state index in [1.165, 1.54) is 17.0 Å². The van der Waals surface area contributed by atoms with Gasteiger partial charge in [-0.1, -0.05) is 12.1 Å². The predicted molar refractivity (Wildman–Crippen MR) is 61.1 cm³/mol. The van der Waals surface area contributed by atoms with Gasteiger partial charge in [-0.2, -0.15) is 0 Å². The molecule has 2 N–H and O–H groups in total. The van der Waals surface area contributed by atoms with Gasteiger partial charge in [-0.25, -0.2) is 4.39 Å². The van der Waals surface area contributed by atoms with Crippen LogP contribution in [0.5, 0.6) is 0 Å². The number of hydrogen-bond acceptors (Lipinski definition) is 2. The van der Waals surface area contributed by atoms with Gasteiger partial charge in [0.05, 0.1) is 5.54 Å². The molecule has 0 fully saturated rings. The van der Waals surface area contributed by atoms with Gasteiger partial charge < -0.3 is 10.6 Å². The van der Waals surface area contributed by atoms with Crippen molar-refractivity contribution in [3.63, 3.8) is 0 Å². The lowest BCUT2D eigenvalue weighted by Gasteiger charge is -2.25. The molecule has 0 bridgehead atoms. The maximum atomic E-state index is 12.7. The van der Waals surface area contributed by atoms with E-state index in [0.29, 0.717) is 6.54 Å². The summed E-state index contributed by atoms with van der Waals surface area (Å²) < 4.78 is 12.7. The number of nitrogens with two attached hydrogens (primary N) is 1. The van der Waals surface area contributed by atoms with Crippen molar-refractivity contribution in [2.24, 2.45) is 5.73 Å². The highest BCUT2D eigenvalue weighted by Crippen LogP contribution is 2.09. The number of benzene rings is 1. The van der Waals surface area contributed by atoms with Crippen LogP contribution in [0.1, 0.15) is 19.4 Å². The molecule has 1 aromatic rings. The summed E-state index contributed by atoms with van der Waals surface area (Å²) in [6.45, 7) is 3.76. The lowest BCUT2D eigenvalue weighted by Crippen LogP contribution is -2.49. The first-order valence-corrected chi connectivity index (χ1v) is 5.09. The molecule has 0 saturated heterocycles. The highest BCUT2D eigenvalue weighted by molar-refractivity contribution is 5.84. The Balaban J connectivity index is 2.68. The van der Waals surface area contributed by atoms with Gasteiger partial charge in [0, 0.05) is 13.6 Å². The maximum Gasteiger partial charge on any atom is 0.242 e. The van der Waals surface area contributed by atoms with Crippen LogP contribution in [-0.2, 0) is 11.3 Å². The molecule has 0 spiro atoms. The molecule has 0 unspecified atom stereocenters. The quantitative estimate of drug-likeness (QED) is 0.846. The second-order valence-electron chi connectivity index (χ2n) is 4.51. The summed E-state index contributed by atoms with van der Waals surface area (Å²) >= 11 is 0. The zero-order chi connectivity index (χ0) is 12.3. The monoisotopic (exact) mass is 224 g/mol. The Kier molecular flexibility index (Phi) is 3.65. The summed E-state index contributed by atoms with van der Waals surface area (Å²) in [5.41, 5.74) is 5.70. The minimum Gasteiger partial charge on any atom is -0.340 e. The molecule has 0 aliphatic rings. The molecule has 1 rings (SSSR count). The molecular weight excluding hydrogens is 207 g/mol. The van der Waals surface area contributed by atoms with Crippen molar-refractivity contribution in [1.29, 1.82) is 0 Å². The number of halogens is 1. The van der Waals surface area contributed by atoms with Crippen LogP contribution in [0.2, 0.25) is 0 Å². The Bertz CT molecular complexity index is 368. The van der Waals surface area contributed by atoms with Gasteiger partial charge in [0.1, 0.15) is 5.82 Å². The fraction of sp³-hybridized carbons (Fsp3) is 0.417. The average Bonchev–Trinajstić information content (AvgIpc) is 2.19. The standard InChI is InChI=1S/C12H17FN2O/c1-12(2,14)11(16)15(3)8-9-4-6-10(13)7-5-9/h4-7H,8,14H2,1-3H3. The highest BCUT2D eigenvalue weighted by Gasteiger charge is 2.25. The maximum absolute atomic E-state index is 12.7. The summed E-state index contributed by atoms with van der Waals surface area (Å²) in [6.07, 6.45) is 0. The highest BCUT2D eigenvalue weighted by atomic mass is 19.1. The number of likely N-dealkylation sites (N-methyl/N-ethyl adjacent to an activating group) is 1. The van der Waals surface area contributed by atoms with Gasteiger partial charge in [0.15, 0.2) is 0 Å². The Hall–Kier alpha value is -1.42. The summed E-state index contributed by atoms with van der Waals surface area (Å²) in [5.74, 6) is -0.422. The molecule has 0 aliphatic heterocycles.